The molecule has 0 aliphatic carbocycles. The van der Waals surface area contributed by atoms with Crippen LogP contribution in [0.3, 0.4) is 0 Å². The third-order valence-electron chi connectivity index (χ3n) is 2.99. The van der Waals surface area contributed by atoms with Gasteiger partial charge in [-0.2, -0.15) is 9.78 Å². The second-order valence-electron chi connectivity index (χ2n) is 4.44. The predicted octanol–water partition coefficient (Wildman–Crippen LogP) is 1.04. The molecule has 2 N–H and O–H groups in total. The van der Waals surface area contributed by atoms with E-state index in [9.17, 15) is 0 Å². The summed E-state index contributed by atoms with van der Waals surface area (Å²) >= 11 is 0. The summed E-state index contributed by atoms with van der Waals surface area (Å²) in [6, 6.07) is 5.47. The highest BCUT2D eigenvalue weighted by atomic mass is 16.5. The van der Waals surface area contributed by atoms with Gasteiger partial charge in [0.1, 0.15) is 11.4 Å². The van der Waals surface area contributed by atoms with Gasteiger partial charge in [-0.25, -0.2) is 0 Å². The van der Waals surface area contributed by atoms with Crippen LogP contribution in [0.15, 0.2) is 30.6 Å². The van der Waals surface area contributed by atoms with E-state index >= 15 is 0 Å². The van der Waals surface area contributed by atoms with E-state index in [1.165, 1.54) is 0 Å². The van der Waals surface area contributed by atoms with E-state index in [0.717, 1.165) is 5.69 Å². The number of nitrogens with two attached hydrogens (primary N) is 1. The van der Waals surface area contributed by atoms with Crippen LogP contribution in [-0.2, 0) is 7.05 Å². The first-order valence-electron chi connectivity index (χ1n) is 6.49. The fourth-order valence-electron chi connectivity index (χ4n) is 2.10. The van der Waals surface area contributed by atoms with Crippen molar-refractivity contribution in [1.29, 1.82) is 0 Å². The zero-order valence-corrected chi connectivity index (χ0v) is 11.8. The van der Waals surface area contributed by atoms with E-state index in [-0.39, 0.29) is 0 Å². The number of hydrogen-bond donors (Lipinski definition) is 1. The third-order valence-corrected chi connectivity index (χ3v) is 2.99. The molecule has 3 aromatic rings. The molecule has 0 spiro atoms. The molecule has 0 fully saturated rings. The number of rotatable bonds is 4. The normalized spacial score (nSPS) is 10.8. The highest BCUT2D eigenvalue weighted by Crippen LogP contribution is 2.34. The molecule has 0 saturated heterocycles. The van der Waals surface area contributed by atoms with Gasteiger partial charge in [0.2, 0.25) is 0 Å². The molecule has 2 aromatic heterocycles. The van der Waals surface area contributed by atoms with Crippen molar-refractivity contribution in [2.45, 2.75) is 6.92 Å². The monoisotopic (exact) mass is 285 g/mol. The van der Waals surface area contributed by atoms with Gasteiger partial charge in [0.05, 0.1) is 24.6 Å². The van der Waals surface area contributed by atoms with Crippen LogP contribution in [0.1, 0.15) is 6.92 Å². The van der Waals surface area contributed by atoms with Gasteiger partial charge < -0.3 is 10.5 Å². The van der Waals surface area contributed by atoms with Crippen LogP contribution in [0.4, 0.5) is 5.69 Å². The van der Waals surface area contributed by atoms with E-state index in [0.29, 0.717) is 29.4 Å². The molecule has 0 amide bonds. The summed E-state index contributed by atoms with van der Waals surface area (Å²) in [7, 11) is 1.83. The Morgan fingerprint density at radius 3 is 2.90 bits per heavy atom. The fraction of sp³-hybridized carbons (Fsp3) is 0.231. The number of benzene rings is 1. The van der Waals surface area contributed by atoms with Crippen LogP contribution in [-0.4, -0.2) is 36.6 Å². The van der Waals surface area contributed by atoms with Crippen molar-refractivity contribution in [2.24, 2.45) is 7.05 Å². The van der Waals surface area contributed by atoms with Crippen molar-refractivity contribution in [2.75, 3.05) is 12.3 Å². The van der Waals surface area contributed by atoms with Gasteiger partial charge in [-0.15, -0.1) is 5.10 Å². The lowest BCUT2D eigenvalue weighted by Gasteiger charge is -2.11. The van der Waals surface area contributed by atoms with Gasteiger partial charge >= 0.3 is 0 Å². The van der Waals surface area contributed by atoms with E-state index in [1.807, 2.05) is 32.3 Å². The highest BCUT2D eigenvalue weighted by Gasteiger charge is 2.19. The minimum Gasteiger partial charge on any atom is -0.493 e. The minimum atomic E-state index is 0.518. The number of anilines is 1. The molecular weight excluding hydrogens is 270 g/mol. The fourth-order valence-corrected chi connectivity index (χ4v) is 2.10. The van der Waals surface area contributed by atoms with E-state index in [2.05, 4.69) is 20.6 Å². The number of aromatic nitrogens is 6. The van der Waals surface area contributed by atoms with Crippen molar-refractivity contribution in [3.63, 3.8) is 0 Å². The molecule has 8 heteroatoms. The lowest BCUT2D eigenvalue weighted by Crippen LogP contribution is -2.03. The van der Waals surface area contributed by atoms with Crippen LogP contribution in [0.2, 0.25) is 0 Å². The second-order valence-corrected chi connectivity index (χ2v) is 4.44. The molecule has 0 aliphatic heterocycles. The number of nitrogens with zero attached hydrogens (tertiary/aromatic N) is 6. The molecule has 8 nitrogen and oxygen atoms in total. The van der Waals surface area contributed by atoms with Crippen molar-refractivity contribution in [3.05, 3.63) is 30.6 Å². The first-order valence-corrected chi connectivity index (χ1v) is 6.49. The molecule has 3 rings (SSSR count). The Balaban J connectivity index is 2.16. The summed E-state index contributed by atoms with van der Waals surface area (Å²) in [6.45, 7) is 2.45. The Kier molecular flexibility index (Phi) is 3.27. The maximum absolute atomic E-state index is 6.09. The molecule has 0 saturated carbocycles. The first-order chi connectivity index (χ1) is 10.2. The van der Waals surface area contributed by atoms with Gasteiger partial charge in [0.25, 0.3) is 0 Å². The van der Waals surface area contributed by atoms with Gasteiger partial charge in [-0.3, -0.25) is 4.68 Å². The minimum absolute atomic E-state index is 0.518. The lowest BCUT2D eigenvalue weighted by atomic mass is 10.1. The van der Waals surface area contributed by atoms with Crippen molar-refractivity contribution < 1.29 is 4.74 Å². The van der Waals surface area contributed by atoms with Crippen LogP contribution >= 0.6 is 0 Å². The number of aryl methyl sites for hydroxylation is 1. The van der Waals surface area contributed by atoms with E-state index in [4.69, 9.17) is 10.5 Å². The molecule has 21 heavy (non-hydrogen) atoms. The third kappa shape index (κ3) is 2.31. The summed E-state index contributed by atoms with van der Waals surface area (Å²) in [5, 5.41) is 16.0. The molecule has 0 aliphatic rings. The Morgan fingerprint density at radius 1 is 1.33 bits per heavy atom. The van der Waals surface area contributed by atoms with Gasteiger partial charge in [-0.05, 0) is 29.5 Å². The first kappa shape index (κ1) is 13.1. The van der Waals surface area contributed by atoms with Crippen LogP contribution in [0, 0.1) is 0 Å². The highest BCUT2D eigenvalue weighted by molar-refractivity contribution is 5.78. The van der Waals surface area contributed by atoms with Gasteiger partial charge in [0.15, 0.2) is 5.82 Å². The summed E-state index contributed by atoms with van der Waals surface area (Å²) < 4.78 is 8.89. The summed E-state index contributed by atoms with van der Waals surface area (Å²) in [5.74, 6) is 1.17. The van der Waals surface area contributed by atoms with E-state index in [1.54, 1.807) is 21.6 Å². The summed E-state index contributed by atoms with van der Waals surface area (Å²) in [6.07, 6.45) is 3.50. The number of nitrogen functional groups attached to an aromatic ring is 1. The van der Waals surface area contributed by atoms with Crippen LogP contribution < -0.4 is 10.5 Å². The molecule has 1 aromatic carbocycles. The molecule has 0 radical (unpaired) electrons. The Hall–Kier alpha value is -2.90. The standard InChI is InChI=1S/C13H15N7O/c1-3-21-11-6-4-5-10(14)12(11)13-16-17-18-20(13)9-7-15-19(2)8-9/h4-8H,3,14H2,1-2H3. The topological polar surface area (TPSA) is 96.7 Å². The zero-order valence-electron chi connectivity index (χ0n) is 11.8. The second kappa shape index (κ2) is 5.23. The van der Waals surface area contributed by atoms with E-state index < -0.39 is 0 Å². The molecule has 0 atom stereocenters. The molecule has 0 bridgehead atoms. The Labute approximate surface area is 121 Å². The number of hydrogen-bond acceptors (Lipinski definition) is 6. The molecule has 2 heterocycles. The number of ether oxygens (including phenoxy) is 1. The van der Waals surface area contributed by atoms with Gasteiger partial charge in [0, 0.05) is 12.7 Å². The summed E-state index contributed by atoms with van der Waals surface area (Å²) in [5.41, 5.74) is 8.07. The smallest absolute Gasteiger partial charge is 0.193 e. The van der Waals surface area contributed by atoms with Crippen molar-refractivity contribution in [1.82, 2.24) is 30.0 Å². The maximum Gasteiger partial charge on any atom is 0.193 e. The molecule has 108 valence electrons. The van der Waals surface area contributed by atoms with Gasteiger partial charge in [-0.1, -0.05) is 6.07 Å². The van der Waals surface area contributed by atoms with Crippen LogP contribution in [0.5, 0.6) is 5.75 Å². The van der Waals surface area contributed by atoms with Crippen LogP contribution in [0.25, 0.3) is 17.1 Å². The largest absolute Gasteiger partial charge is 0.493 e. The molecular formula is C13H15N7O. The number of tetrazole rings is 1. The average Bonchev–Trinajstić information content (AvgIpc) is 3.08. The van der Waals surface area contributed by atoms with Crippen molar-refractivity contribution >= 4 is 5.69 Å². The predicted molar refractivity (Wildman–Crippen MR) is 76.9 cm³/mol. The SMILES string of the molecule is CCOc1cccc(N)c1-c1nnnn1-c1cnn(C)c1. The lowest BCUT2D eigenvalue weighted by molar-refractivity contribution is 0.341. The Bertz CT molecular complexity index is 761. The summed E-state index contributed by atoms with van der Waals surface area (Å²) in [4.78, 5) is 0. The zero-order chi connectivity index (χ0) is 14.8. The maximum atomic E-state index is 6.09. The quantitative estimate of drug-likeness (QED) is 0.719. The van der Waals surface area contributed by atoms with Crippen molar-refractivity contribution in [3.8, 4) is 22.8 Å². The average molecular weight is 285 g/mol. The molecule has 0 unspecified atom stereocenters. The Morgan fingerprint density at radius 2 is 2.19 bits per heavy atom.